The largest absolute Gasteiger partial charge is 0.460 e. The number of hydrogen-bond donors (Lipinski definition) is 3. The third kappa shape index (κ3) is 4.71. The highest BCUT2D eigenvalue weighted by Gasteiger charge is 2.26. The minimum atomic E-state index is -0.344. The van der Waals surface area contributed by atoms with E-state index >= 15 is 0 Å². The van der Waals surface area contributed by atoms with Crippen LogP contribution in [0.5, 0.6) is 0 Å². The molecule has 2 heterocycles. The molecule has 0 saturated carbocycles. The molecule has 0 amide bonds. The molecule has 2 aromatic rings. The number of benzene rings is 2. The number of nitrogens with one attached hydrogen (secondary N) is 2. The van der Waals surface area contributed by atoms with Crippen LogP contribution in [0.1, 0.15) is 47.2 Å². The van der Waals surface area contributed by atoms with Crippen molar-refractivity contribution in [1.82, 2.24) is 4.90 Å². The maximum absolute atomic E-state index is 12.6. The van der Waals surface area contributed by atoms with Gasteiger partial charge in [-0.25, -0.2) is 4.79 Å². The van der Waals surface area contributed by atoms with Crippen LogP contribution in [-0.2, 0) is 4.74 Å². The molecule has 31 heavy (non-hydrogen) atoms. The highest BCUT2D eigenvalue weighted by Crippen LogP contribution is 2.26. The van der Waals surface area contributed by atoms with E-state index in [4.69, 9.17) is 21.3 Å². The number of carbonyl (C=O) groups is 1. The highest BCUT2D eigenvalue weighted by molar-refractivity contribution is 5.98. The summed E-state index contributed by atoms with van der Waals surface area (Å²) in [6.45, 7) is 3.05. The zero-order valence-corrected chi connectivity index (χ0v) is 17.6. The van der Waals surface area contributed by atoms with Crippen molar-refractivity contribution in [2.24, 2.45) is 5.73 Å². The molecular formula is C24H29N5O2. The van der Waals surface area contributed by atoms with Gasteiger partial charge < -0.3 is 20.3 Å². The summed E-state index contributed by atoms with van der Waals surface area (Å²) in [7, 11) is 0. The van der Waals surface area contributed by atoms with E-state index in [-0.39, 0.29) is 17.8 Å². The molecule has 1 atom stereocenters. The lowest BCUT2D eigenvalue weighted by Gasteiger charge is -2.27. The van der Waals surface area contributed by atoms with Gasteiger partial charge in [0.25, 0.3) is 0 Å². The smallest absolute Gasteiger partial charge is 0.338 e. The van der Waals surface area contributed by atoms with Crippen LogP contribution in [0.2, 0.25) is 0 Å². The lowest BCUT2D eigenvalue weighted by molar-refractivity contribution is 0.0483. The highest BCUT2D eigenvalue weighted by atomic mass is 16.5. The van der Waals surface area contributed by atoms with Crippen LogP contribution in [-0.4, -0.2) is 54.8 Å². The minimum Gasteiger partial charge on any atom is -0.460 e. The summed E-state index contributed by atoms with van der Waals surface area (Å²) >= 11 is 0. The third-order valence-electron chi connectivity index (χ3n) is 6.09. The standard InChI is InChI=1S/C24H29N5O2/c25-22(26)19-5-3-6-20(15-19)29-14-4-7-21(29)16-31-24(30)18-10-8-17(9-11-18)23(27)28-12-1-2-13-28/h3,5-6,8-11,15,21,27H,1-2,4,7,12-14,16H2,(H3,25,26)/t21-/m1/s1. The maximum Gasteiger partial charge on any atom is 0.338 e. The summed E-state index contributed by atoms with van der Waals surface area (Å²) in [5, 5.41) is 16.0. The Kier molecular flexibility index (Phi) is 6.21. The van der Waals surface area contributed by atoms with Gasteiger partial charge in [0.05, 0.1) is 11.6 Å². The molecule has 0 radical (unpaired) electrons. The molecule has 2 aliphatic rings. The molecule has 4 N–H and O–H groups in total. The summed E-state index contributed by atoms with van der Waals surface area (Å²) in [6.07, 6.45) is 4.23. The van der Waals surface area contributed by atoms with Gasteiger partial charge in [0, 0.05) is 36.4 Å². The fraction of sp³-hybridized carbons (Fsp3) is 0.375. The Morgan fingerprint density at radius 1 is 0.968 bits per heavy atom. The Hall–Kier alpha value is -3.35. The number of nitrogens with zero attached hydrogens (tertiary/aromatic N) is 2. The van der Waals surface area contributed by atoms with Gasteiger partial charge in [-0.15, -0.1) is 0 Å². The zero-order chi connectivity index (χ0) is 21.8. The van der Waals surface area contributed by atoms with Gasteiger partial charge in [-0.1, -0.05) is 24.3 Å². The van der Waals surface area contributed by atoms with Gasteiger partial charge >= 0.3 is 5.97 Å². The van der Waals surface area contributed by atoms with Crippen LogP contribution < -0.4 is 10.6 Å². The Morgan fingerprint density at radius 2 is 1.68 bits per heavy atom. The molecule has 0 spiro atoms. The number of carbonyl (C=O) groups excluding carboxylic acids is 1. The van der Waals surface area contributed by atoms with E-state index in [1.54, 1.807) is 12.1 Å². The quantitative estimate of drug-likeness (QED) is 0.379. The lowest BCUT2D eigenvalue weighted by Crippen LogP contribution is -2.34. The van der Waals surface area contributed by atoms with Crippen LogP contribution in [0.15, 0.2) is 48.5 Å². The fourth-order valence-electron chi connectivity index (χ4n) is 4.34. The number of rotatable bonds is 6. The predicted octanol–water partition coefficient (Wildman–Crippen LogP) is 3.22. The second-order valence-electron chi connectivity index (χ2n) is 8.17. The number of nitrogens with two attached hydrogens (primary N) is 1. The normalized spacial score (nSPS) is 18.3. The first-order valence-electron chi connectivity index (χ1n) is 10.8. The van der Waals surface area contributed by atoms with Crippen molar-refractivity contribution in [3.63, 3.8) is 0 Å². The average Bonchev–Trinajstić information content (AvgIpc) is 3.49. The lowest BCUT2D eigenvalue weighted by atomic mass is 10.1. The number of hydrogen-bond acceptors (Lipinski definition) is 5. The number of ether oxygens (including phenoxy) is 1. The molecule has 0 bridgehead atoms. The third-order valence-corrected chi connectivity index (χ3v) is 6.09. The van der Waals surface area contributed by atoms with Crippen LogP contribution in [0.4, 0.5) is 5.69 Å². The van der Waals surface area contributed by atoms with E-state index in [2.05, 4.69) is 9.80 Å². The number of anilines is 1. The van der Waals surface area contributed by atoms with Gasteiger partial charge in [-0.05, 0) is 49.9 Å². The molecule has 7 heteroatoms. The average molecular weight is 420 g/mol. The monoisotopic (exact) mass is 419 g/mol. The topological polar surface area (TPSA) is 106 Å². The van der Waals surface area contributed by atoms with E-state index in [9.17, 15) is 4.79 Å². The minimum absolute atomic E-state index is 0.0466. The van der Waals surface area contributed by atoms with E-state index in [0.29, 0.717) is 23.6 Å². The van der Waals surface area contributed by atoms with Gasteiger partial charge in [0.2, 0.25) is 0 Å². The van der Waals surface area contributed by atoms with E-state index < -0.39 is 0 Å². The molecule has 2 saturated heterocycles. The number of likely N-dealkylation sites (tertiary alicyclic amines) is 1. The van der Waals surface area contributed by atoms with Crippen LogP contribution >= 0.6 is 0 Å². The van der Waals surface area contributed by atoms with E-state index in [0.717, 1.165) is 56.6 Å². The first-order valence-corrected chi connectivity index (χ1v) is 10.8. The second kappa shape index (κ2) is 9.20. The Bertz CT molecular complexity index is 966. The summed E-state index contributed by atoms with van der Waals surface area (Å²) in [6, 6.07) is 14.9. The molecule has 2 aliphatic heterocycles. The number of esters is 1. The summed E-state index contributed by atoms with van der Waals surface area (Å²) < 4.78 is 5.63. The van der Waals surface area contributed by atoms with Crippen molar-refractivity contribution >= 4 is 23.3 Å². The van der Waals surface area contributed by atoms with Crippen LogP contribution in [0.25, 0.3) is 0 Å². The maximum atomic E-state index is 12.6. The van der Waals surface area contributed by atoms with Crippen LogP contribution in [0, 0.1) is 10.8 Å². The van der Waals surface area contributed by atoms with Crippen molar-refractivity contribution < 1.29 is 9.53 Å². The fourth-order valence-corrected chi connectivity index (χ4v) is 4.34. The van der Waals surface area contributed by atoms with Gasteiger partial charge in [-0.3, -0.25) is 10.8 Å². The molecule has 0 aliphatic carbocycles. The van der Waals surface area contributed by atoms with Crippen molar-refractivity contribution in [2.45, 2.75) is 31.7 Å². The molecule has 7 nitrogen and oxygen atoms in total. The van der Waals surface area contributed by atoms with Crippen molar-refractivity contribution in [3.8, 4) is 0 Å². The van der Waals surface area contributed by atoms with Crippen molar-refractivity contribution in [2.75, 3.05) is 31.1 Å². The molecular weight excluding hydrogens is 390 g/mol. The van der Waals surface area contributed by atoms with Gasteiger partial charge in [-0.2, -0.15) is 0 Å². The van der Waals surface area contributed by atoms with E-state index in [1.165, 1.54) is 0 Å². The molecule has 0 unspecified atom stereocenters. The zero-order valence-electron chi connectivity index (χ0n) is 17.6. The summed E-state index contributed by atoms with van der Waals surface area (Å²) in [5.41, 5.74) is 8.64. The molecule has 162 valence electrons. The molecule has 4 rings (SSSR count). The summed E-state index contributed by atoms with van der Waals surface area (Å²) in [4.78, 5) is 16.9. The number of nitrogen functional groups attached to an aromatic ring is 1. The molecule has 2 aromatic carbocycles. The Labute approximate surface area is 182 Å². The van der Waals surface area contributed by atoms with Crippen LogP contribution in [0.3, 0.4) is 0 Å². The number of amidine groups is 2. The first-order chi connectivity index (χ1) is 15.0. The van der Waals surface area contributed by atoms with E-state index in [1.807, 2.05) is 36.4 Å². The first kappa shape index (κ1) is 20.9. The Balaban J connectivity index is 1.36. The van der Waals surface area contributed by atoms with Crippen molar-refractivity contribution in [1.29, 1.82) is 10.8 Å². The second-order valence-corrected chi connectivity index (χ2v) is 8.17. The molecule has 2 fully saturated rings. The van der Waals surface area contributed by atoms with Crippen molar-refractivity contribution in [3.05, 3.63) is 65.2 Å². The SMILES string of the molecule is N=C(N)c1cccc(N2CCC[C@@H]2COC(=O)c2ccc(C(=N)N3CCCC3)cc2)c1. The molecule has 0 aromatic heterocycles. The summed E-state index contributed by atoms with van der Waals surface area (Å²) in [5.74, 6) is 0.223. The van der Waals surface area contributed by atoms with Gasteiger partial charge in [0.1, 0.15) is 18.3 Å². The predicted molar refractivity (Wildman–Crippen MR) is 122 cm³/mol. The van der Waals surface area contributed by atoms with Gasteiger partial charge in [0.15, 0.2) is 0 Å². The Morgan fingerprint density at radius 3 is 2.39 bits per heavy atom.